The summed E-state index contributed by atoms with van der Waals surface area (Å²) in [4.78, 5) is 13.1. The lowest BCUT2D eigenvalue weighted by molar-refractivity contribution is -0.914. The summed E-state index contributed by atoms with van der Waals surface area (Å²) in [6, 6.07) is 0. The molecule has 0 aromatic rings. The second kappa shape index (κ2) is 8.21. The number of ether oxygens (including phenoxy) is 1. The third-order valence-corrected chi connectivity index (χ3v) is 7.30. The monoisotopic (exact) mass is 336 g/mol. The molecule has 1 saturated heterocycles. The average Bonchev–Trinajstić information content (AvgIpc) is 2.63. The number of likely N-dealkylation sites (N-methyl/N-ethyl adjacent to an activating group) is 1. The predicted molar refractivity (Wildman–Crippen MR) is 97.7 cm³/mol. The van der Waals surface area contributed by atoms with Gasteiger partial charge in [0, 0.05) is 0 Å². The molecule has 0 atom stereocenters. The molecule has 24 heavy (non-hydrogen) atoms. The highest BCUT2D eigenvalue weighted by atomic mass is 16.5. The van der Waals surface area contributed by atoms with Gasteiger partial charge >= 0.3 is 5.97 Å². The molecule has 0 unspecified atom stereocenters. The van der Waals surface area contributed by atoms with Crippen molar-refractivity contribution in [3.8, 4) is 0 Å². The number of rotatable bonds is 5. The molecule has 2 aliphatic carbocycles. The normalized spacial score (nSPS) is 27.5. The maximum absolute atomic E-state index is 13.1. The minimum atomic E-state index is -0.126. The number of likely N-dealkylation sites (tertiary alicyclic amines) is 1. The van der Waals surface area contributed by atoms with E-state index in [1.165, 1.54) is 83.7 Å². The van der Waals surface area contributed by atoms with E-state index in [1.807, 2.05) is 0 Å². The Morgan fingerprint density at radius 3 is 2.17 bits per heavy atom. The van der Waals surface area contributed by atoms with Crippen molar-refractivity contribution in [1.29, 1.82) is 0 Å². The Balaban J connectivity index is 1.57. The van der Waals surface area contributed by atoms with Gasteiger partial charge in [0.2, 0.25) is 0 Å². The zero-order chi connectivity index (χ0) is 16.9. The highest BCUT2D eigenvalue weighted by Gasteiger charge is 2.47. The van der Waals surface area contributed by atoms with Crippen LogP contribution in [-0.2, 0) is 9.53 Å². The van der Waals surface area contributed by atoms with Gasteiger partial charge in [-0.2, -0.15) is 0 Å². The molecule has 1 aliphatic heterocycles. The van der Waals surface area contributed by atoms with Crippen LogP contribution >= 0.6 is 0 Å². The SMILES string of the molecule is C[N+]1(CCOC(=O)C2(C3CCCCC3)CCCCC2)CCCCC1. The van der Waals surface area contributed by atoms with Crippen LogP contribution in [-0.4, -0.2) is 43.7 Å². The Morgan fingerprint density at radius 2 is 1.50 bits per heavy atom. The molecule has 0 radical (unpaired) electrons. The molecule has 0 aromatic carbocycles. The van der Waals surface area contributed by atoms with Crippen molar-refractivity contribution >= 4 is 5.97 Å². The Morgan fingerprint density at radius 1 is 0.917 bits per heavy atom. The summed E-state index contributed by atoms with van der Waals surface area (Å²) in [6.07, 6.45) is 16.4. The van der Waals surface area contributed by atoms with E-state index >= 15 is 0 Å². The van der Waals surface area contributed by atoms with Gasteiger partial charge in [-0.15, -0.1) is 0 Å². The maximum atomic E-state index is 13.1. The lowest BCUT2D eigenvalue weighted by Gasteiger charge is -2.43. The molecule has 3 nitrogen and oxygen atoms in total. The van der Waals surface area contributed by atoms with Gasteiger partial charge in [0.15, 0.2) is 0 Å². The first kappa shape index (κ1) is 18.2. The van der Waals surface area contributed by atoms with Crippen molar-refractivity contribution in [1.82, 2.24) is 0 Å². The first-order chi connectivity index (χ1) is 11.6. The highest BCUT2D eigenvalue weighted by Crippen LogP contribution is 2.49. The fourth-order valence-corrected chi connectivity index (χ4v) is 5.62. The molecule has 2 saturated carbocycles. The molecule has 1 heterocycles. The second-order valence-electron chi connectivity index (χ2n) is 9.04. The van der Waals surface area contributed by atoms with Crippen LogP contribution in [0.5, 0.6) is 0 Å². The summed E-state index contributed by atoms with van der Waals surface area (Å²) in [5, 5.41) is 0. The molecule has 0 N–H and O–H groups in total. The van der Waals surface area contributed by atoms with E-state index in [0.29, 0.717) is 12.5 Å². The predicted octanol–water partition coefficient (Wildman–Crippen LogP) is 4.69. The molecule has 3 heteroatoms. The fourth-order valence-electron chi connectivity index (χ4n) is 5.62. The second-order valence-corrected chi connectivity index (χ2v) is 9.04. The van der Waals surface area contributed by atoms with Gasteiger partial charge in [-0.25, -0.2) is 0 Å². The van der Waals surface area contributed by atoms with E-state index in [4.69, 9.17) is 4.74 Å². The Bertz CT molecular complexity index is 402. The maximum Gasteiger partial charge on any atom is 0.312 e. The number of carbonyl (C=O) groups excluding carboxylic acids is 1. The van der Waals surface area contributed by atoms with Crippen molar-refractivity contribution in [3.63, 3.8) is 0 Å². The van der Waals surface area contributed by atoms with E-state index < -0.39 is 0 Å². The molecule has 0 spiro atoms. The Kier molecular flexibility index (Phi) is 6.23. The molecule has 138 valence electrons. The summed E-state index contributed by atoms with van der Waals surface area (Å²) < 4.78 is 7.05. The summed E-state index contributed by atoms with van der Waals surface area (Å²) in [5.74, 6) is 0.761. The third kappa shape index (κ3) is 4.15. The fraction of sp³-hybridized carbons (Fsp3) is 0.952. The van der Waals surface area contributed by atoms with Crippen LogP contribution in [0, 0.1) is 11.3 Å². The first-order valence-corrected chi connectivity index (χ1v) is 10.7. The lowest BCUT2D eigenvalue weighted by Crippen LogP contribution is -2.50. The van der Waals surface area contributed by atoms with E-state index in [-0.39, 0.29) is 11.4 Å². The topological polar surface area (TPSA) is 26.3 Å². The number of quaternary nitrogens is 1. The van der Waals surface area contributed by atoms with Crippen molar-refractivity contribution < 1.29 is 14.0 Å². The molecule has 0 bridgehead atoms. The number of nitrogens with zero attached hydrogens (tertiary/aromatic N) is 1. The van der Waals surface area contributed by atoms with E-state index in [9.17, 15) is 4.79 Å². The van der Waals surface area contributed by atoms with Gasteiger partial charge in [-0.05, 0) is 50.9 Å². The minimum Gasteiger partial charge on any atom is -0.459 e. The number of piperidine rings is 1. The van der Waals surface area contributed by atoms with E-state index in [2.05, 4.69) is 7.05 Å². The highest BCUT2D eigenvalue weighted by molar-refractivity contribution is 5.77. The van der Waals surface area contributed by atoms with Crippen LogP contribution in [0.2, 0.25) is 0 Å². The van der Waals surface area contributed by atoms with Gasteiger partial charge < -0.3 is 9.22 Å². The molecule has 3 rings (SSSR count). The molecule has 0 amide bonds. The lowest BCUT2D eigenvalue weighted by atomic mass is 9.62. The smallest absolute Gasteiger partial charge is 0.312 e. The molecule has 0 aromatic heterocycles. The van der Waals surface area contributed by atoms with Crippen LogP contribution in [0.25, 0.3) is 0 Å². The summed E-state index contributed by atoms with van der Waals surface area (Å²) in [6.45, 7) is 4.15. The minimum absolute atomic E-state index is 0.126. The van der Waals surface area contributed by atoms with Crippen LogP contribution in [0.3, 0.4) is 0 Å². The van der Waals surface area contributed by atoms with Crippen molar-refractivity contribution in [2.45, 2.75) is 83.5 Å². The average molecular weight is 337 g/mol. The number of carbonyl (C=O) groups is 1. The standard InChI is InChI=1S/C21H38NO2/c1-22(15-9-4-10-16-22)17-18-24-20(23)21(13-7-3-8-14-21)19-11-5-2-6-12-19/h19H,2-18H2,1H3/q+1. The van der Waals surface area contributed by atoms with Crippen LogP contribution in [0.4, 0.5) is 0 Å². The molecular weight excluding hydrogens is 298 g/mol. The summed E-state index contributed by atoms with van der Waals surface area (Å²) in [5.41, 5.74) is -0.126. The Hall–Kier alpha value is -0.570. The van der Waals surface area contributed by atoms with Gasteiger partial charge in [0.25, 0.3) is 0 Å². The van der Waals surface area contributed by atoms with Crippen molar-refractivity contribution in [2.75, 3.05) is 33.3 Å². The zero-order valence-electron chi connectivity index (χ0n) is 15.9. The van der Waals surface area contributed by atoms with Crippen molar-refractivity contribution in [2.24, 2.45) is 11.3 Å². The van der Waals surface area contributed by atoms with Crippen LogP contribution < -0.4 is 0 Å². The third-order valence-electron chi connectivity index (χ3n) is 7.30. The van der Waals surface area contributed by atoms with Gasteiger partial charge in [0.05, 0.1) is 25.6 Å². The van der Waals surface area contributed by atoms with Gasteiger partial charge in [0.1, 0.15) is 13.2 Å². The molecule has 3 fully saturated rings. The van der Waals surface area contributed by atoms with Crippen LogP contribution in [0.15, 0.2) is 0 Å². The number of hydrogen-bond donors (Lipinski definition) is 0. The molecule has 3 aliphatic rings. The van der Waals surface area contributed by atoms with E-state index in [1.54, 1.807) is 0 Å². The Labute approximate surface area is 148 Å². The summed E-state index contributed by atoms with van der Waals surface area (Å²) in [7, 11) is 2.34. The van der Waals surface area contributed by atoms with E-state index in [0.717, 1.165) is 23.9 Å². The number of esters is 1. The largest absolute Gasteiger partial charge is 0.459 e. The summed E-state index contributed by atoms with van der Waals surface area (Å²) >= 11 is 0. The van der Waals surface area contributed by atoms with Gasteiger partial charge in [-0.3, -0.25) is 4.79 Å². The van der Waals surface area contributed by atoms with Gasteiger partial charge in [-0.1, -0.05) is 38.5 Å². The molecular formula is C21H38NO2+. The quantitative estimate of drug-likeness (QED) is 0.538. The van der Waals surface area contributed by atoms with Crippen LogP contribution in [0.1, 0.15) is 83.5 Å². The zero-order valence-corrected chi connectivity index (χ0v) is 15.9. The number of hydrogen-bond acceptors (Lipinski definition) is 2. The first-order valence-electron chi connectivity index (χ1n) is 10.7. The van der Waals surface area contributed by atoms with Crippen molar-refractivity contribution in [3.05, 3.63) is 0 Å².